The molecule has 0 fully saturated rings. The fourth-order valence-electron chi connectivity index (χ4n) is 2.10. The molecule has 118 valence electrons. The van der Waals surface area contributed by atoms with Gasteiger partial charge in [0.25, 0.3) is 11.3 Å². The van der Waals surface area contributed by atoms with Gasteiger partial charge in [0, 0.05) is 4.88 Å². The van der Waals surface area contributed by atoms with E-state index in [0.29, 0.717) is 5.00 Å². The molecule has 5 nitrogen and oxygen atoms in total. The Bertz CT molecular complexity index is 843. The largest absolute Gasteiger partial charge is 0.477 e. The van der Waals surface area contributed by atoms with Crippen molar-refractivity contribution in [1.82, 2.24) is 0 Å². The summed E-state index contributed by atoms with van der Waals surface area (Å²) in [6.07, 6.45) is 0. The van der Waals surface area contributed by atoms with Crippen molar-refractivity contribution in [3.8, 4) is 10.4 Å². The highest BCUT2D eigenvalue weighted by Gasteiger charge is 2.26. The molecule has 8 heteroatoms. The Balaban J connectivity index is 2.16. The first-order valence-electron chi connectivity index (χ1n) is 6.45. The third-order valence-electron chi connectivity index (χ3n) is 3.05. The Hall–Kier alpha value is -2.00. The summed E-state index contributed by atoms with van der Waals surface area (Å²) in [6.45, 7) is 0. The molecule has 0 radical (unpaired) electrons. The number of carboxylic acid groups (broad SMARTS) is 1. The number of aromatic carboxylic acids is 1. The molecule has 0 aliphatic heterocycles. The van der Waals surface area contributed by atoms with Crippen LogP contribution in [0.3, 0.4) is 0 Å². The maximum absolute atomic E-state index is 11.8. The lowest BCUT2D eigenvalue weighted by molar-refractivity contribution is 0.0703. The van der Waals surface area contributed by atoms with E-state index in [1.54, 1.807) is 23.6 Å². The van der Waals surface area contributed by atoms with Crippen LogP contribution in [0.25, 0.3) is 10.4 Å². The molecule has 3 aromatic rings. The van der Waals surface area contributed by atoms with Gasteiger partial charge < -0.3 is 5.11 Å². The van der Waals surface area contributed by atoms with Gasteiger partial charge in [0.15, 0.2) is 0 Å². The lowest BCUT2D eigenvalue weighted by Crippen LogP contribution is -2.19. The number of thiophene rings is 2. The Labute approximate surface area is 142 Å². The van der Waals surface area contributed by atoms with Gasteiger partial charge in [-0.15, -0.1) is 22.7 Å². The lowest BCUT2D eigenvalue weighted by Gasteiger charge is -2.17. The summed E-state index contributed by atoms with van der Waals surface area (Å²) in [7, 11) is 0. The van der Waals surface area contributed by atoms with E-state index in [2.05, 4.69) is 0 Å². The van der Waals surface area contributed by atoms with E-state index < -0.39 is 17.2 Å². The van der Waals surface area contributed by atoms with E-state index in [-0.39, 0.29) is 10.6 Å². The first kappa shape index (κ1) is 15.9. The van der Waals surface area contributed by atoms with Crippen LogP contribution in [0.4, 0.5) is 10.7 Å². The molecule has 2 N–H and O–H groups in total. The maximum Gasteiger partial charge on any atom is 0.348 e. The predicted molar refractivity (Wildman–Crippen MR) is 93.9 cm³/mol. The zero-order valence-electron chi connectivity index (χ0n) is 11.6. The molecule has 0 aliphatic carbocycles. The van der Waals surface area contributed by atoms with Crippen molar-refractivity contribution in [1.29, 1.82) is 0 Å². The van der Waals surface area contributed by atoms with Crippen LogP contribution in [-0.4, -0.2) is 19.8 Å². The van der Waals surface area contributed by atoms with Gasteiger partial charge in [-0.1, -0.05) is 30.3 Å². The maximum atomic E-state index is 11.8. The summed E-state index contributed by atoms with van der Waals surface area (Å²) in [5.74, 6) is -1.13. The Morgan fingerprint density at radius 2 is 1.87 bits per heavy atom. The van der Waals surface area contributed by atoms with E-state index in [4.69, 9.17) is 0 Å². The molecule has 2 aromatic heterocycles. The van der Waals surface area contributed by atoms with E-state index in [1.165, 1.54) is 11.3 Å². The lowest BCUT2D eigenvalue weighted by atomic mass is 10.2. The van der Waals surface area contributed by atoms with Crippen molar-refractivity contribution in [3.63, 3.8) is 0 Å². The third-order valence-corrected chi connectivity index (χ3v) is 5.88. The van der Waals surface area contributed by atoms with E-state index in [0.717, 1.165) is 26.1 Å². The number of anilines is 2. The fourth-order valence-corrected chi connectivity index (χ4v) is 4.63. The minimum Gasteiger partial charge on any atom is -0.477 e. The van der Waals surface area contributed by atoms with Crippen LogP contribution in [0.2, 0.25) is 0 Å². The Morgan fingerprint density at radius 1 is 1.13 bits per heavy atom. The van der Waals surface area contributed by atoms with Crippen molar-refractivity contribution in [3.05, 3.63) is 58.8 Å². The van der Waals surface area contributed by atoms with Gasteiger partial charge in [0.1, 0.15) is 9.88 Å². The highest BCUT2D eigenvalue weighted by atomic mass is 32.2. The highest BCUT2D eigenvalue weighted by Crippen LogP contribution is 2.41. The molecule has 0 aliphatic rings. The zero-order chi connectivity index (χ0) is 16.4. The average molecular weight is 365 g/mol. The van der Waals surface area contributed by atoms with Crippen molar-refractivity contribution in [2.75, 3.05) is 4.31 Å². The van der Waals surface area contributed by atoms with E-state index in [9.17, 15) is 18.7 Å². The standard InChI is InChI=1S/C15H11NO4S3/c17-15(18)14-11(16(23(19)20)13-7-4-8-21-13)9-12(22-14)10-5-2-1-3-6-10/h1-9H,(H,17,18)(H,19,20). The molecule has 0 spiro atoms. The van der Waals surface area contributed by atoms with Crippen LogP contribution in [0.1, 0.15) is 9.67 Å². The molecule has 2 heterocycles. The van der Waals surface area contributed by atoms with Crippen LogP contribution in [0, 0.1) is 0 Å². The minimum atomic E-state index is -2.37. The molecule has 1 atom stereocenters. The molecule has 3 rings (SSSR count). The normalized spacial score (nSPS) is 12.0. The molecule has 1 aromatic carbocycles. The summed E-state index contributed by atoms with van der Waals surface area (Å²) in [5, 5.41) is 11.7. The highest BCUT2D eigenvalue weighted by molar-refractivity contribution is 7.81. The second kappa shape index (κ2) is 6.63. The molecule has 1 unspecified atom stereocenters. The third kappa shape index (κ3) is 3.20. The van der Waals surface area contributed by atoms with Crippen molar-refractivity contribution in [2.45, 2.75) is 0 Å². The van der Waals surface area contributed by atoms with Crippen LogP contribution in [0.15, 0.2) is 53.9 Å². The number of nitrogens with zero attached hydrogens (tertiary/aromatic N) is 1. The first-order chi connectivity index (χ1) is 11.1. The number of benzene rings is 1. The fraction of sp³-hybridized carbons (Fsp3) is 0. The van der Waals surface area contributed by atoms with Gasteiger partial charge in [0.2, 0.25) is 0 Å². The van der Waals surface area contributed by atoms with Crippen molar-refractivity contribution >= 4 is 50.6 Å². The second-order valence-electron chi connectivity index (χ2n) is 4.47. The topological polar surface area (TPSA) is 77.8 Å². The van der Waals surface area contributed by atoms with Gasteiger partial charge in [-0.05, 0) is 29.1 Å². The number of hydrogen-bond acceptors (Lipinski definition) is 4. The summed E-state index contributed by atoms with van der Waals surface area (Å²) < 4.78 is 22.5. The number of rotatable bonds is 5. The molecular formula is C15H11NO4S3. The quantitative estimate of drug-likeness (QED) is 0.655. The second-order valence-corrected chi connectivity index (χ2v) is 7.28. The van der Waals surface area contributed by atoms with Gasteiger partial charge in [-0.2, -0.15) is 0 Å². The molecule has 0 bridgehead atoms. The van der Waals surface area contributed by atoms with Gasteiger partial charge in [-0.3, -0.25) is 4.55 Å². The summed E-state index contributed by atoms with van der Waals surface area (Å²) in [6, 6.07) is 14.4. The van der Waals surface area contributed by atoms with E-state index >= 15 is 0 Å². The minimum absolute atomic E-state index is 0.0275. The molecular weight excluding hydrogens is 354 g/mol. The van der Waals surface area contributed by atoms with Gasteiger partial charge >= 0.3 is 5.97 Å². The summed E-state index contributed by atoms with van der Waals surface area (Å²) >= 11 is -0.0207. The summed E-state index contributed by atoms with van der Waals surface area (Å²) in [4.78, 5) is 12.3. The van der Waals surface area contributed by atoms with Crippen LogP contribution in [-0.2, 0) is 11.3 Å². The van der Waals surface area contributed by atoms with Crippen LogP contribution < -0.4 is 4.31 Å². The number of hydrogen-bond donors (Lipinski definition) is 2. The first-order valence-corrected chi connectivity index (χ1v) is 9.21. The Morgan fingerprint density at radius 3 is 2.43 bits per heavy atom. The summed E-state index contributed by atoms with van der Waals surface area (Å²) in [5.41, 5.74) is 1.07. The van der Waals surface area contributed by atoms with Crippen molar-refractivity contribution < 1.29 is 18.7 Å². The van der Waals surface area contributed by atoms with Crippen molar-refractivity contribution in [2.24, 2.45) is 0 Å². The van der Waals surface area contributed by atoms with Crippen LogP contribution in [0.5, 0.6) is 0 Å². The average Bonchev–Trinajstić information content (AvgIpc) is 3.18. The molecule has 0 saturated carbocycles. The molecule has 23 heavy (non-hydrogen) atoms. The van der Waals surface area contributed by atoms with Gasteiger partial charge in [-0.25, -0.2) is 13.3 Å². The monoisotopic (exact) mass is 365 g/mol. The Kier molecular flexibility index (Phi) is 4.58. The van der Waals surface area contributed by atoms with E-state index in [1.807, 2.05) is 30.3 Å². The SMILES string of the molecule is O=C(O)c1sc(-c2ccccc2)cc1N(c1cccs1)S(=O)O. The number of carbonyl (C=O) groups is 1. The smallest absolute Gasteiger partial charge is 0.348 e. The van der Waals surface area contributed by atoms with Gasteiger partial charge in [0.05, 0.1) is 5.69 Å². The van der Waals surface area contributed by atoms with Crippen LogP contribution >= 0.6 is 22.7 Å². The number of carboxylic acids is 1. The molecule has 0 amide bonds. The molecule has 0 saturated heterocycles. The zero-order valence-corrected chi connectivity index (χ0v) is 14.0. The predicted octanol–water partition coefficient (Wildman–Crippen LogP) is 4.45.